The van der Waals surface area contributed by atoms with E-state index in [1.807, 2.05) is 13.8 Å². The van der Waals surface area contributed by atoms with Gasteiger partial charge < -0.3 is 9.47 Å². The molecule has 0 saturated carbocycles. The Morgan fingerprint density at radius 3 is 2.15 bits per heavy atom. The number of hydrogen-bond donors (Lipinski definition) is 0. The first kappa shape index (κ1) is 20.0. The van der Waals surface area contributed by atoms with E-state index in [0.29, 0.717) is 18.8 Å². The number of sulfonamides is 1. The number of halogens is 1. The van der Waals surface area contributed by atoms with E-state index in [2.05, 4.69) is 15.9 Å². The Labute approximate surface area is 167 Å². The van der Waals surface area contributed by atoms with Gasteiger partial charge in [0.1, 0.15) is 5.75 Å². The van der Waals surface area contributed by atoms with E-state index in [1.54, 1.807) is 24.3 Å². The maximum atomic E-state index is 12.8. The highest BCUT2D eigenvalue weighted by Gasteiger charge is 2.32. The number of nitrogens with zero attached hydrogens (tertiary/aromatic N) is 1. The van der Waals surface area contributed by atoms with E-state index in [9.17, 15) is 13.2 Å². The van der Waals surface area contributed by atoms with Crippen LogP contribution in [0.3, 0.4) is 0 Å². The van der Waals surface area contributed by atoms with Gasteiger partial charge in [0.05, 0.1) is 22.7 Å². The van der Waals surface area contributed by atoms with Gasteiger partial charge >= 0.3 is 5.97 Å². The van der Waals surface area contributed by atoms with Gasteiger partial charge in [-0.05, 0) is 62.4 Å². The van der Waals surface area contributed by atoms with Crippen molar-refractivity contribution in [3.63, 3.8) is 0 Å². The predicted octanol–water partition coefficient (Wildman–Crippen LogP) is 3.47. The Morgan fingerprint density at radius 2 is 1.59 bits per heavy atom. The number of benzene rings is 2. The second-order valence-corrected chi connectivity index (χ2v) is 9.30. The number of carbonyl (C=O) groups excluding carboxylic acids is 1. The quantitative estimate of drug-likeness (QED) is 0.523. The van der Waals surface area contributed by atoms with Crippen molar-refractivity contribution >= 4 is 31.9 Å². The summed E-state index contributed by atoms with van der Waals surface area (Å²) in [4.78, 5) is 12.4. The van der Waals surface area contributed by atoms with Crippen LogP contribution in [-0.2, 0) is 14.8 Å². The van der Waals surface area contributed by atoms with Crippen molar-refractivity contribution in [3.8, 4) is 5.75 Å². The van der Waals surface area contributed by atoms with E-state index in [1.165, 1.54) is 28.6 Å². The second kappa shape index (κ2) is 8.10. The number of morpholine rings is 1. The van der Waals surface area contributed by atoms with Gasteiger partial charge in [0.25, 0.3) is 0 Å². The molecule has 1 heterocycles. The van der Waals surface area contributed by atoms with Gasteiger partial charge in [-0.3, -0.25) is 0 Å². The third-order valence-electron chi connectivity index (χ3n) is 4.14. The van der Waals surface area contributed by atoms with Crippen LogP contribution in [-0.4, -0.2) is 44.0 Å². The SMILES string of the molecule is C[C@@H]1CN(S(=O)(=O)c2ccc(C(=O)Oc3ccc(Br)cc3)cc2)C[C@@H](C)O1. The molecule has 27 heavy (non-hydrogen) atoms. The summed E-state index contributed by atoms with van der Waals surface area (Å²) < 4.78 is 38.8. The summed E-state index contributed by atoms with van der Waals surface area (Å²) >= 11 is 3.31. The van der Waals surface area contributed by atoms with Crippen molar-refractivity contribution in [3.05, 3.63) is 58.6 Å². The normalized spacial score (nSPS) is 21.0. The lowest BCUT2D eigenvalue weighted by Gasteiger charge is -2.34. The summed E-state index contributed by atoms with van der Waals surface area (Å²) in [6.07, 6.45) is -0.327. The second-order valence-electron chi connectivity index (χ2n) is 6.45. The summed E-state index contributed by atoms with van der Waals surface area (Å²) in [5.41, 5.74) is 0.278. The largest absolute Gasteiger partial charge is 0.423 e. The molecular weight excluding hydrogens is 434 g/mol. The molecule has 0 spiro atoms. The van der Waals surface area contributed by atoms with Gasteiger partial charge in [-0.1, -0.05) is 15.9 Å². The Hall–Kier alpha value is -1.74. The smallest absolute Gasteiger partial charge is 0.343 e. The summed E-state index contributed by atoms with van der Waals surface area (Å²) in [6.45, 7) is 4.30. The highest BCUT2D eigenvalue weighted by molar-refractivity contribution is 9.10. The Kier molecular flexibility index (Phi) is 6.00. The molecule has 0 unspecified atom stereocenters. The number of ether oxygens (including phenoxy) is 2. The molecule has 1 saturated heterocycles. The molecule has 0 N–H and O–H groups in total. The van der Waals surface area contributed by atoms with Crippen LogP contribution in [0.2, 0.25) is 0 Å². The molecule has 1 aliphatic rings. The molecule has 1 fully saturated rings. The highest BCUT2D eigenvalue weighted by Crippen LogP contribution is 2.22. The molecule has 1 aliphatic heterocycles. The number of esters is 1. The average molecular weight is 454 g/mol. The molecule has 144 valence electrons. The minimum atomic E-state index is -3.64. The molecular formula is C19H20BrNO5S. The topological polar surface area (TPSA) is 72.9 Å². The molecule has 8 heteroatoms. The fourth-order valence-corrected chi connectivity index (χ4v) is 4.76. The zero-order chi connectivity index (χ0) is 19.6. The lowest BCUT2D eigenvalue weighted by Crippen LogP contribution is -2.48. The van der Waals surface area contributed by atoms with Crippen LogP contribution >= 0.6 is 15.9 Å². The molecule has 2 aromatic rings. The van der Waals surface area contributed by atoms with E-state index >= 15 is 0 Å². The molecule has 0 amide bonds. The lowest BCUT2D eigenvalue weighted by molar-refractivity contribution is -0.0440. The van der Waals surface area contributed by atoms with Crippen LogP contribution in [0.25, 0.3) is 0 Å². The number of hydrogen-bond acceptors (Lipinski definition) is 5. The van der Waals surface area contributed by atoms with E-state index in [-0.39, 0.29) is 22.7 Å². The summed E-state index contributed by atoms with van der Waals surface area (Å²) in [5.74, 6) is -0.133. The van der Waals surface area contributed by atoms with Crippen LogP contribution in [0, 0.1) is 0 Å². The Morgan fingerprint density at radius 1 is 1.04 bits per heavy atom. The van der Waals surface area contributed by atoms with Crippen LogP contribution in [0.4, 0.5) is 0 Å². The maximum Gasteiger partial charge on any atom is 0.343 e. The minimum Gasteiger partial charge on any atom is -0.423 e. The molecule has 0 aliphatic carbocycles. The van der Waals surface area contributed by atoms with Gasteiger partial charge in [-0.15, -0.1) is 0 Å². The molecule has 2 atom stereocenters. The van der Waals surface area contributed by atoms with Crippen LogP contribution in [0.15, 0.2) is 57.9 Å². The average Bonchev–Trinajstić information content (AvgIpc) is 2.63. The molecule has 0 radical (unpaired) electrons. The Bertz CT molecular complexity index is 902. The molecule has 2 aromatic carbocycles. The minimum absolute atomic E-state index is 0.143. The van der Waals surface area contributed by atoms with E-state index in [4.69, 9.17) is 9.47 Å². The zero-order valence-electron chi connectivity index (χ0n) is 15.0. The van der Waals surface area contributed by atoms with Crippen molar-refractivity contribution < 1.29 is 22.7 Å². The first-order valence-corrected chi connectivity index (χ1v) is 10.7. The highest BCUT2D eigenvalue weighted by atomic mass is 79.9. The van der Waals surface area contributed by atoms with Crippen LogP contribution < -0.4 is 4.74 Å². The molecule has 0 aromatic heterocycles. The van der Waals surface area contributed by atoms with E-state index < -0.39 is 16.0 Å². The standard InChI is InChI=1S/C19H20BrNO5S/c1-13-11-21(12-14(2)25-13)27(23,24)18-9-3-15(4-10-18)19(22)26-17-7-5-16(20)6-8-17/h3-10,13-14H,11-12H2,1-2H3/t13-,14-/m1/s1. The van der Waals surface area contributed by atoms with Gasteiger partial charge in [-0.25, -0.2) is 13.2 Å². The van der Waals surface area contributed by atoms with Crippen molar-refractivity contribution in [2.75, 3.05) is 13.1 Å². The number of rotatable bonds is 4. The summed E-state index contributed by atoms with van der Waals surface area (Å²) in [7, 11) is -3.64. The van der Waals surface area contributed by atoms with Gasteiger partial charge in [-0.2, -0.15) is 4.31 Å². The monoisotopic (exact) mass is 453 g/mol. The summed E-state index contributed by atoms with van der Waals surface area (Å²) in [6, 6.07) is 12.6. The first-order valence-electron chi connectivity index (χ1n) is 8.49. The van der Waals surface area contributed by atoms with Crippen molar-refractivity contribution in [2.24, 2.45) is 0 Å². The molecule has 3 rings (SSSR count). The fraction of sp³-hybridized carbons (Fsp3) is 0.316. The summed E-state index contributed by atoms with van der Waals surface area (Å²) in [5, 5.41) is 0. The predicted molar refractivity (Wildman–Crippen MR) is 104 cm³/mol. The maximum absolute atomic E-state index is 12.8. The fourth-order valence-electron chi connectivity index (χ4n) is 2.91. The van der Waals surface area contributed by atoms with Crippen molar-refractivity contribution in [1.82, 2.24) is 4.31 Å². The molecule has 0 bridgehead atoms. The van der Waals surface area contributed by atoms with Crippen LogP contribution in [0.5, 0.6) is 5.75 Å². The van der Waals surface area contributed by atoms with Crippen LogP contribution in [0.1, 0.15) is 24.2 Å². The van der Waals surface area contributed by atoms with Gasteiger partial charge in [0, 0.05) is 17.6 Å². The van der Waals surface area contributed by atoms with E-state index in [0.717, 1.165) is 4.47 Å². The zero-order valence-corrected chi connectivity index (χ0v) is 17.4. The Balaban J connectivity index is 1.74. The third-order valence-corrected chi connectivity index (χ3v) is 6.51. The van der Waals surface area contributed by atoms with Crippen molar-refractivity contribution in [1.29, 1.82) is 0 Å². The van der Waals surface area contributed by atoms with Gasteiger partial charge in [0.15, 0.2) is 0 Å². The van der Waals surface area contributed by atoms with Gasteiger partial charge in [0.2, 0.25) is 10.0 Å². The first-order chi connectivity index (χ1) is 12.8. The van der Waals surface area contributed by atoms with Crippen molar-refractivity contribution in [2.45, 2.75) is 31.0 Å². The lowest BCUT2D eigenvalue weighted by atomic mass is 10.2. The number of carbonyl (C=O) groups is 1. The molecule has 6 nitrogen and oxygen atoms in total. The third kappa shape index (κ3) is 4.76.